The van der Waals surface area contributed by atoms with E-state index in [2.05, 4.69) is 47.2 Å². The summed E-state index contributed by atoms with van der Waals surface area (Å²) in [4.78, 5) is 0. The molecule has 1 atom stereocenters. The highest BCUT2D eigenvalue weighted by Crippen LogP contribution is 2.32. The topological polar surface area (TPSA) is 21.3 Å². The van der Waals surface area contributed by atoms with Crippen molar-refractivity contribution in [2.45, 2.75) is 19.9 Å². The Morgan fingerprint density at radius 3 is 2.50 bits per heavy atom. The Morgan fingerprint density at radius 1 is 1.20 bits per heavy atom. The van der Waals surface area contributed by atoms with Crippen LogP contribution >= 0.6 is 27.5 Å². The smallest absolute Gasteiger partial charge is 0.141 e. The van der Waals surface area contributed by atoms with Crippen LogP contribution in [0.4, 0.5) is 0 Å². The van der Waals surface area contributed by atoms with Crippen LogP contribution in [0.5, 0.6) is 11.5 Å². The van der Waals surface area contributed by atoms with E-state index in [1.807, 2.05) is 30.3 Å². The molecule has 2 aromatic carbocycles. The van der Waals surface area contributed by atoms with Gasteiger partial charge in [0.1, 0.15) is 11.5 Å². The minimum absolute atomic E-state index is 0.320. The Labute approximate surface area is 133 Å². The van der Waals surface area contributed by atoms with Crippen LogP contribution in [0.3, 0.4) is 0 Å². The number of halogens is 2. The van der Waals surface area contributed by atoms with Gasteiger partial charge in [0.25, 0.3) is 0 Å². The summed E-state index contributed by atoms with van der Waals surface area (Å²) in [7, 11) is 0. The lowest BCUT2D eigenvalue weighted by Crippen LogP contribution is -2.17. The second-order valence-corrected chi connectivity index (χ2v) is 5.82. The molecule has 2 rings (SSSR count). The fraction of sp³-hybridized carbons (Fsp3) is 0.250. The van der Waals surface area contributed by atoms with Gasteiger partial charge in [-0.2, -0.15) is 0 Å². The fourth-order valence-corrected chi connectivity index (χ4v) is 2.53. The third kappa shape index (κ3) is 3.98. The summed E-state index contributed by atoms with van der Waals surface area (Å²) in [5.74, 6) is 1.56. The van der Waals surface area contributed by atoms with E-state index in [1.165, 1.54) is 5.56 Å². The van der Waals surface area contributed by atoms with Gasteiger partial charge in [-0.25, -0.2) is 0 Å². The van der Waals surface area contributed by atoms with Crippen molar-refractivity contribution in [2.24, 2.45) is 0 Å². The zero-order valence-electron chi connectivity index (χ0n) is 11.5. The molecule has 0 heterocycles. The Morgan fingerprint density at radius 2 is 1.90 bits per heavy atom. The van der Waals surface area contributed by atoms with Crippen molar-refractivity contribution in [3.05, 3.63) is 57.5 Å². The monoisotopic (exact) mass is 353 g/mol. The average molecular weight is 355 g/mol. The van der Waals surface area contributed by atoms with E-state index in [9.17, 15) is 0 Å². The zero-order chi connectivity index (χ0) is 14.5. The number of ether oxygens (including phenoxy) is 1. The lowest BCUT2D eigenvalue weighted by molar-refractivity contribution is 0.478. The van der Waals surface area contributed by atoms with E-state index in [-0.39, 0.29) is 0 Å². The predicted molar refractivity (Wildman–Crippen MR) is 87.8 cm³/mol. The molecule has 0 fully saturated rings. The molecule has 0 aliphatic heterocycles. The van der Waals surface area contributed by atoms with Gasteiger partial charge in [0, 0.05) is 11.1 Å². The number of hydrogen-bond acceptors (Lipinski definition) is 2. The van der Waals surface area contributed by atoms with Gasteiger partial charge in [0.05, 0.1) is 4.47 Å². The van der Waals surface area contributed by atoms with E-state index < -0.39 is 0 Å². The molecule has 0 spiro atoms. The Balaban J connectivity index is 2.15. The van der Waals surface area contributed by atoms with Gasteiger partial charge >= 0.3 is 0 Å². The first-order valence-corrected chi connectivity index (χ1v) is 7.73. The van der Waals surface area contributed by atoms with Crippen molar-refractivity contribution in [2.75, 3.05) is 6.54 Å². The number of nitrogens with one attached hydrogen (secondary N) is 1. The maximum Gasteiger partial charge on any atom is 0.141 e. The fourth-order valence-electron chi connectivity index (χ4n) is 1.92. The summed E-state index contributed by atoms with van der Waals surface area (Å²) in [6.45, 7) is 5.19. The first-order chi connectivity index (χ1) is 9.60. The quantitative estimate of drug-likeness (QED) is 0.758. The van der Waals surface area contributed by atoms with Gasteiger partial charge in [-0.05, 0) is 71.4 Å². The molecule has 0 saturated carbocycles. The van der Waals surface area contributed by atoms with Crippen molar-refractivity contribution < 1.29 is 4.74 Å². The predicted octanol–water partition coefficient (Wildman–Crippen LogP) is 5.57. The van der Waals surface area contributed by atoms with E-state index >= 15 is 0 Å². The molecule has 0 aromatic heterocycles. The molecule has 4 heteroatoms. The number of benzene rings is 2. The van der Waals surface area contributed by atoms with Crippen molar-refractivity contribution in [3.8, 4) is 11.5 Å². The molecule has 20 heavy (non-hydrogen) atoms. The SMILES string of the molecule is CCNC(C)c1ccc(Oc2ccc(Cl)cc2)c(Br)c1. The molecule has 2 aromatic rings. The third-order valence-corrected chi connectivity index (χ3v) is 3.88. The minimum atomic E-state index is 0.320. The van der Waals surface area contributed by atoms with Crippen LogP contribution in [0.1, 0.15) is 25.5 Å². The molecule has 0 bridgehead atoms. The molecule has 0 saturated heterocycles. The highest BCUT2D eigenvalue weighted by atomic mass is 79.9. The van der Waals surface area contributed by atoms with E-state index in [4.69, 9.17) is 16.3 Å². The zero-order valence-corrected chi connectivity index (χ0v) is 13.8. The molecular formula is C16H17BrClNO. The Hall–Kier alpha value is -1.03. The van der Waals surface area contributed by atoms with Gasteiger partial charge < -0.3 is 10.1 Å². The maximum absolute atomic E-state index is 5.86. The molecule has 1 N–H and O–H groups in total. The molecule has 2 nitrogen and oxygen atoms in total. The first-order valence-electron chi connectivity index (χ1n) is 6.56. The van der Waals surface area contributed by atoms with Crippen LogP contribution in [0.25, 0.3) is 0 Å². The van der Waals surface area contributed by atoms with E-state index in [1.54, 1.807) is 0 Å². The standard InChI is InChI=1S/C16H17BrClNO/c1-3-19-11(2)12-4-9-16(15(17)10-12)20-14-7-5-13(18)6-8-14/h4-11,19H,3H2,1-2H3. The van der Waals surface area contributed by atoms with Gasteiger partial charge in [0.15, 0.2) is 0 Å². The van der Waals surface area contributed by atoms with E-state index in [0.717, 1.165) is 22.5 Å². The second-order valence-electron chi connectivity index (χ2n) is 4.53. The lowest BCUT2D eigenvalue weighted by Gasteiger charge is -2.15. The molecule has 106 valence electrons. The molecule has 0 radical (unpaired) electrons. The largest absolute Gasteiger partial charge is 0.456 e. The van der Waals surface area contributed by atoms with Gasteiger partial charge in [-0.3, -0.25) is 0 Å². The Bertz CT molecular complexity index is 571. The average Bonchev–Trinajstić information content (AvgIpc) is 2.43. The molecule has 1 unspecified atom stereocenters. The van der Waals surface area contributed by atoms with Gasteiger partial charge in [-0.15, -0.1) is 0 Å². The lowest BCUT2D eigenvalue weighted by atomic mass is 10.1. The first kappa shape index (κ1) is 15.4. The Kier molecular flexibility index (Phi) is 5.46. The number of hydrogen-bond donors (Lipinski definition) is 1. The van der Waals surface area contributed by atoms with Crippen LogP contribution in [0.15, 0.2) is 46.9 Å². The summed E-state index contributed by atoms with van der Waals surface area (Å²) in [6.07, 6.45) is 0. The number of rotatable bonds is 5. The molecule has 0 amide bonds. The summed E-state index contributed by atoms with van der Waals surface area (Å²) in [5, 5.41) is 4.09. The molecule has 0 aliphatic carbocycles. The molecular weight excluding hydrogens is 338 g/mol. The summed E-state index contributed by atoms with van der Waals surface area (Å²) in [6, 6.07) is 13.8. The van der Waals surface area contributed by atoms with Crippen molar-refractivity contribution in [1.29, 1.82) is 0 Å². The maximum atomic E-state index is 5.86. The highest BCUT2D eigenvalue weighted by molar-refractivity contribution is 9.10. The van der Waals surface area contributed by atoms with Crippen molar-refractivity contribution >= 4 is 27.5 Å². The normalized spacial score (nSPS) is 12.2. The molecule has 0 aliphatic rings. The van der Waals surface area contributed by atoms with Crippen LogP contribution in [-0.2, 0) is 0 Å². The summed E-state index contributed by atoms with van der Waals surface area (Å²) >= 11 is 9.42. The summed E-state index contributed by atoms with van der Waals surface area (Å²) in [5.41, 5.74) is 1.22. The second kappa shape index (κ2) is 7.11. The van der Waals surface area contributed by atoms with Crippen LogP contribution < -0.4 is 10.1 Å². The van der Waals surface area contributed by atoms with Crippen LogP contribution in [0.2, 0.25) is 5.02 Å². The summed E-state index contributed by atoms with van der Waals surface area (Å²) < 4.78 is 6.77. The van der Waals surface area contributed by atoms with E-state index in [0.29, 0.717) is 11.1 Å². The highest BCUT2D eigenvalue weighted by Gasteiger charge is 2.08. The van der Waals surface area contributed by atoms with Gasteiger partial charge in [-0.1, -0.05) is 24.6 Å². The van der Waals surface area contributed by atoms with Gasteiger partial charge in [0.2, 0.25) is 0 Å². The third-order valence-electron chi connectivity index (χ3n) is 3.01. The van der Waals surface area contributed by atoms with Crippen molar-refractivity contribution in [3.63, 3.8) is 0 Å². The minimum Gasteiger partial charge on any atom is -0.456 e. The van der Waals surface area contributed by atoms with Crippen molar-refractivity contribution in [1.82, 2.24) is 5.32 Å². The van der Waals surface area contributed by atoms with Crippen LogP contribution in [-0.4, -0.2) is 6.54 Å². The van der Waals surface area contributed by atoms with Crippen LogP contribution in [0, 0.1) is 0 Å².